The van der Waals surface area contributed by atoms with Gasteiger partial charge in [-0.05, 0) is 65.4 Å². The van der Waals surface area contributed by atoms with Crippen molar-refractivity contribution in [1.29, 1.82) is 0 Å². The minimum Gasteiger partial charge on any atom is -0.490 e. The molecule has 2 aromatic carbocycles. The van der Waals surface area contributed by atoms with Crippen LogP contribution in [-0.2, 0) is 4.79 Å². The molecule has 0 unspecified atom stereocenters. The Hall–Kier alpha value is -2.14. The third-order valence-electron chi connectivity index (χ3n) is 3.14. The molecule has 2 aromatic rings. The number of hydrazone groups is 1. The quantitative estimate of drug-likeness (QED) is 0.299. The van der Waals surface area contributed by atoms with Gasteiger partial charge in [0.15, 0.2) is 18.1 Å². The van der Waals surface area contributed by atoms with Crippen LogP contribution in [0.25, 0.3) is 0 Å². The highest BCUT2D eigenvalue weighted by Crippen LogP contribution is 2.33. The van der Waals surface area contributed by atoms with Crippen LogP contribution >= 0.6 is 38.5 Å². The van der Waals surface area contributed by atoms with Crippen molar-refractivity contribution in [2.75, 3.05) is 13.2 Å². The van der Waals surface area contributed by atoms with Crippen molar-refractivity contribution in [3.63, 3.8) is 0 Å². The molecule has 0 aliphatic rings. The summed E-state index contributed by atoms with van der Waals surface area (Å²) in [5.74, 6) is -0.650. The molecule has 7 nitrogen and oxygen atoms in total. The molecule has 142 valence electrons. The lowest BCUT2D eigenvalue weighted by molar-refractivity contribution is -0.139. The summed E-state index contributed by atoms with van der Waals surface area (Å²) in [4.78, 5) is 22.8. The summed E-state index contributed by atoms with van der Waals surface area (Å²) in [6.07, 6.45) is 1.47. The molecule has 9 heteroatoms. The molecule has 27 heavy (non-hydrogen) atoms. The predicted molar refractivity (Wildman–Crippen MR) is 113 cm³/mol. The topological polar surface area (TPSA) is 97.2 Å². The van der Waals surface area contributed by atoms with Gasteiger partial charge in [-0.15, -0.1) is 0 Å². The van der Waals surface area contributed by atoms with E-state index in [2.05, 4.69) is 26.5 Å². The number of carboxylic acids is 1. The van der Waals surface area contributed by atoms with Gasteiger partial charge in [-0.25, -0.2) is 10.2 Å². The summed E-state index contributed by atoms with van der Waals surface area (Å²) in [5, 5.41) is 12.7. The lowest BCUT2D eigenvalue weighted by Gasteiger charge is -2.13. The van der Waals surface area contributed by atoms with Gasteiger partial charge in [0, 0.05) is 10.0 Å². The van der Waals surface area contributed by atoms with E-state index in [0.717, 1.165) is 4.47 Å². The van der Waals surface area contributed by atoms with E-state index >= 15 is 0 Å². The number of hydrogen-bond acceptors (Lipinski definition) is 5. The Labute approximate surface area is 178 Å². The zero-order chi connectivity index (χ0) is 19.8. The molecule has 0 radical (unpaired) electrons. The van der Waals surface area contributed by atoms with E-state index in [1.807, 2.05) is 35.6 Å². The molecule has 0 heterocycles. The molecule has 0 atom stereocenters. The van der Waals surface area contributed by atoms with Gasteiger partial charge in [0.2, 0.25) is 0 Å². The van der Waals surface area contributed by atoms with Crippen molar-refractivity contribution >= 4 is 56.6 Å². The van der Waals surface area contributed by atoms with Gasteiger partial charge in [-0.2, -0.15) is 5.10 Å². The molecule has 0 aliphatic carbocycles. The van der Waals surface area contributed by atoms with E-state index in [9.17, 15) is 9.59 Å². The molecular formula is C18H16BrIN2O5. The Morgan fingerprint density at radius 3 is 2.74 bits per heavy atom. The van der Waals surface area contributed by atoms with Crippen LogP contribution in [0.5, 0.6) is 11.5 Å². The number of ether oxygens (including phenoxy) is 2. The number of benzene rings is 2. The summed E-state index contributed by atoms with van der Waals surface area (Å²) in [5.41, 5.74) is 3.60. The number of amides is 1. The van der Waals surface area contributed by atoms with Crippen LogP contribution in [-0.4, -0.2) is 36.4 Å². The first kappa shape index (κ1) is 21.2. The third kappa shape index (κ3) is 6.51. The third-order valence-corrected chi connectivity index (χ3v) is 4.43. The molecule has 0 saturated heterocycles. The number of hydrogen-bond donors (Lipinski definition) is 2. The Morgan fingerprint density at radius 2 is 2.07 bits per heavy atom. The molecule has 0 bridgehead atoms. The molecule has 0 fully saturated rings. The highest BCUT2D eigenvalue weighted by molar-refractivity contribution is 14.1. The molecule has 1 amide bonds. The normalized spacial score (nSPS) is 10.6. The number of rotatable bonds is 8. The highest BCUT2D eigenvalue weighted by Gasteiger charge is 2.13. The molecule has 2 N–H and O–H groups in total. The van der Waals surface area contributed by atoms with E-state index in [4.69, 9.17) is 14.6 Å². The Bertz CT molecular complexity index is 873. The molecule has 0 aromatic heterocycles. The standard InChI is InChI=1S/C18H16BrIN2O5/c1-2-26-15-7-11(6-14(20)17(15)27-10-16(23)24)9-21-22-18(25)12-4-3-5-13(19)8-12/h3-9H,2,10H2,1H3,(H,22,25)(H,23,24)/b21-9-. The van der Waals surface area contributed by atoms with Crippen LogP contribution in [0.1, 0.15) is 22.8 Å². The van der Waals surface area contributed by atoms with Crippen LogP contribution in [0.4, 0.5) is 0 Å². The number of aliphatic carboxylic acids is 1. The maximum Gasteiger partial charge on any atom is 0.341 e. The van der Waals surface area contributed by atoms with Gasteiger partial charge in [0.1, 0.15) is 0 Å². The first-order chi connectivity index (χ1) is 12.9. The predicted octanol–water partition coefficient (Wildman–Crippen LogP) is 3.68. The van der Waals surface area contributed by atoms with Crippen LogP contribution in [0.3, 0.4) is 0 Å². The minimum atomic E-state index is -1.07. The summed E-state index contributed by atoms with van der Waals surface area (Å²) < 4.78 is 12.3. The largest absolute Gasteiger partial charge is 0.490 e. The first-order valence-corrected chi connectivity index (χ1v) is 9.67. The zero-order valence-electron chi connectivity index (χ0n) is 14.2. The summed E-state index contributed by atoms with van der Waals surface area (Å²) in [6, 6.07) is 10.4. The number of carbonyl (C=O) groups excluding carboxylic acids is 1. The monoisotopic (exact) mass is 546 g/mol. The SMILES string of the molecule is CCOc1cc(/C=N\NC(=O)c2cccc(Br)c2)cc(I)c1OCC(=O)O. The molecular weight excluding hydrogens is 531 g/mol. The highest BCUT2D eigenvalue weighted by atomic mass is 127. The van der Waals surface area contributed by atoms with Crippen LogP contribution < -0.4 is 14.9 Å². The minimum absolute atomic E-state index is 0.339. The van der Waals surface area contributed by atoms with E-state index in [0.29, 0.717) is 32.8 Å². The maximum absolute atomic E-state index is 12.1. The van der Waals surface area contributed by atoms with E-state index in [-0.39, 0.29) is 5.91 Å². The Balaban J connectivity index is 2.14. The van der Waals surface area contributed by atoms with Crippen LogP contribution in [0, 0.1) is 3.57 Å². The van der Waals surface area contributed by atoms with Gasteiger partial charge >= 0.3 is 5.97 Å². The van der Waals surface area contributed by atoms with Gasteiger partial charge < -0.3 is 14.6 Å². The molecule has 0 aliphatic heterocycles. The molecule has 0 spiro atoms. The summed E-state index contributed by atoms with van der Waals surface area (Å²) >= 11 is 5.34. The average Bonchev–Trinajstić information content (AvgIpc) is 2.61. The van der Waals surface area contributed by atoms with Gasteiger partial charge in [-0.1, -0.05) is 22.0 Å². The van der Waals surface area contributed by atoms with Crippen molar-refractivity contribution < 1.29 is 24.2 Å². The fraction of sp³-hybridized carbons (Fsp3) is 0.167. The maximum atomic E-state index is 12.1. The lowest BCUT2D eigenvalue weighted by atomic mass is 10.2. The number of nitrogens with one attached hydrogen (secondary N) is 1. The van der Waals surface area contributed by atoms with Gasteiger partial charge in [0.25, 0.3) is 5.91 Å². The van der Waals surface area contributed by atoms with Crippen LogP contribution in [0.15, 0.2) is 46.0 Å². The smallest absolute Gasteiger partial charge is 0.341 e. The summed E-state index contributed by atoms with van der Waals surface area (Å²) in [6.45, 7) is 1.73. The van der Waals surface area contributed by atoms with Crippen LogP contribution in [0.2, 0.25) is 0 Å². The number of halogens is 2. The second kappa shape index (κ2) is 10.3. The van der Waals surface area contributed by atoms with Gasteiger partial charge in [0.05, 0.1) is 16.4 Å². The fourth-order valence-electron chi connectivity index (χ4n) is 2.06. The first-order valence-electron chi connectivity index (χ1n) is 7.80. The molecule has 0 saturated carbocycles. The Morgan fingerprint density at radius 1 is 1.30 bits per heavy atom. The van der Waals surface area contributed by atoms with E-state index < -0.39 is 12.6 Å². The van der Waals surface area contributed by atoms with Crippen molar-refractivity contribution in [2.24, 2.45) is 5.10 Å². The number of carboxylic acid groups (broad SMARTS) is 1. The Kier molecular flexibility index (Phi) is 8.04. The van der Waals surface area contributed by atoms with Crippen molar-refractivity contribution in [3.8, 4) is 11.5 Å². The second-order valence-electron chi connectivity index (χ2n) is 5.15. The van der Waals surface area contributed by atoms with Crippen molar-refractivity contribution in [2.45, 2.75) is 6.92 Å². The molecule has 2 rings (SSSR count). The van der Waals surface area contributed by atoms with E-state index in [1.165, 1.54) is 6.21 Å². The second-order valence-corrected chi connectivity index (χ2v) is 7.23. The lowest BCUT2D eigenvalue weighted by Crippen LogP contribution is -2.17. The number of nitrogens with zero attached hydrogens (tertiary/aromatic N) is 1. The fourth-order valence-corrected chi connectivity index (χ4v) is 3.24. The number of carbonyl (C=O) groups is 2. The zero-order valence-corrected chi connectivity index (χ0v) is 18.0. The van der Waals surface area contributed by atoms with Crippen molar-refractivity contribution in [3.05, 3.63) is 55.6 Å². The average molecular weight is 547 g/mol. The van der Waals surface area contributed by atoms with E-state index in [1.54, 1.807) is 30.3 Å². The summed E-state index contributed by atoms with van der Waals surface area (Å²) in [7, 11) is 0. The van der Waals surface area contributed by atoms with Crippen molar-refractivity contribution in [1.82, 2.24) is 5.43 Å². The van der Waals surface area contributed by atoms with Gasteiger partial charge in [-0.3, -0.25) is 4.79 Å².